The highest BCUT2D eigenvalue weighted by Gasteiger charge is 2.45. The Morgan fingerprint density at radius 1 is 1.17 bits per heavy atom. The molecule has 2 atom stereocenters. The van der Waals surface area contributed by atoms with Gasteiger partial charge in [-0.1, -0.05) is 11.6 Å². The normalized spacial score (nSPS) is 26.9. The maximum Gasteiger partial charge on any atom is 0.236 e. The predicted molar refractivity (Wildman–Crippen MR) is 72.5 cm³/mol. The van der Waals surface area contributed by atoms with Crippen molar-refractivity contribution in [2.45, 2.75) is 19.3 Å². The molecule has 0 N–H and O–H groups in total. The number of anilines is 1. The van der Waals surface area contributed by atoms with E-state index in [-0.39, 0.29) is 23.7 Å². The molecule has 3 rings (SSSR count). The molecule has 3 nitrogen and oxygen atoms in total. The van der Waals surface area contributed by atoms with Crippen LogP contribution in [0.4, 0.5) is 5.69 Å². The molecule has 0 aromatic heterocycles. The van der Waals surface area contributed by atoms with Crippen LogP contribution in [-0.2, 0) is 9.59 Å². The Morgan fingerprint density at radius 3 is 2.33 bits per heavy atom. The summed E-state index contributed by atoms with van der Waals surface area (Å²) in [7, 11) is 0. The first-order chi connectivity index (χ1) is 8.58. The number of carbonyl (C=O) groups excluding carboxylic acids is 2. The third-order valence-corrected chi connectivity index (χ3v) is 4.95. The van der Waals surface area contributed by atoms with Gasteiger partial charge in [-0.15, -0.1) is 0 Å². The lowest BCUT2D eigenvalue weighted by atomic mass is 9.96. The third-order valence-electron chi connectivity index (χ3n) is 3.73. The minimum Gasteiger partial charge on any atom is -0.274 e. The number of fused-ring (bicyclic) bond motifs is 2. The molecule has 2 aliphatic rings. The van der Waals surface area contributed by atoms with Crippen LogP contribution in [0.1, 0.15) is 19.3 Å². The number of amides is 2. The van der Waals surface area contributed by atoms with E-state index in [4.69, 9.17) is 11.6 Å². The molecule has 1 aromatic carbocycles. The van der Waals surface area contributed by atoms with Gasteiger partial charge in [-0.2, -0.15) is 0 Å². The van der Waals surface area contributed by atoms with Crippen LogP contribution in [0.3, 0.4) is 0 Å². The lowest BCUT2D eigenvalue weighted by Crippen LogP contribution is -2.46. The van der Waals surface area contributed by atoms with E-state index in [9.17, 15) is 9.59 Å². The average molecular weight is 329 g/mol. The number of nitrogens with zero attached hydrogens (tertiary/aromatic N) is 1. The first-order valence-corrected chi connectivity index (χ1v) is 7.08. The first-order valence-electron chi connectivity index (χ1n) is 5.91. The molecule has 1 saturated heterocycles. The number of hydrogen-bond donors (Lipinski definition) is 0. The summed E-state index contributed by atoms with van der Waals surface area (Å²) in [6, 6.07) is 5.13. The van der Waals surface area contributed by atoms with Gasteiger partial charge in [0.25, 0.3) is 0 Å². The SMILES string of the molecule is O=C1C2CCC(C2)C(=O)N1c1ccc(Cl)c(Br)c1. The maximum atomic E-state index is 12.2. The van der Waals surface area contributed by atoms with Crippen LogP contribution in [0.25, 0.3) is 0 Å². The standard InChI is InChI=1S/C13H11BrClNO2/c14-10-6-9(3-4-11(10)15)16-12(17)7-1-2-8(5-7)13(16)18/h3-4,6-8H,1-2,5H2. The first kappa shape index (κ1) is 12.2. The number of benzene rings is 1. The van der Waals surface area contributed by atoms with Crippen molar-refractivity contribution in [1.82, 2.24) is 0 Å². The van der Waals surface area contributed by atoms with Gasteiger partial charge < -0.3 is 0 Å². The van der Waals surface area contributed by atoms with Crippen LogP contribution < -0.4 is 4.90 Å². The molecular formula is C13H11BrClNO2. The minimum absolute atomic E-state index is 0.0159. The van der Waals surface area contributed by atoms with E-state index in [1.165, 1.54) is 4.90 Å². The molecule has 2 unspecified atom stereocenters. The molecule has 1 aromatic rings. The fourth-order valence-electron chi connectivity index (χ4n) is 2.78. The summed E-state index contributed by atoms with van der Waals surface area (Å²) >= 11 is 9.24. The van der Waals surface area contributed by atoms with Gasteiger partial charge in [0.15, 0.2) is 0 Å². The summed E-state index contributed by atoms with van der Waals surface area (Å²) in [6.07, 6.45) is 2.39. The molecule has 94 valence electrons. The summed E-state index contributed by atoms with van der Waals surface area (Å²) in [5, 5.41) is 0.568. The predicted octanol–water partition coefficient (Wildman–Crippen LogP) is 3.39. The van der Waals surface area contributed by atoms with Crippen LogP contribution in [0.15, 0.2) is 22.7 Å². The van der Waals surface area contributed by atoms with Crippen LogP contribution >= 0.6 is 27.5 Å². The molecule has 18 heavy (non-hydrogen) atoms. The van der Waals surface area contributed by atoms with Gasteiger partial charge in [0.2, 0.25) is 11.8 Å². The molecule has 1 saturated carbocycles. The second-order valence-electron chi connectivity index (χ2n) is 4.82. The zero-order chi connectivity index (χ0) is 12.9. The molecule has 0 spiro atoms. The summed E-state index contributed by atoms with van der Waals surface area (Å²) in [4.78, 5) is 25.8. The second-order valence-corrected chi connectivity index (χ2v) is 6.08. The van der Waals surface area contributed by atoms with Crippen molar-refractivity contribution in [3.63, 3.8) is 0 Å². The topological polar surface area (TPSA) is 37.4 Å². The van der Waals surface area contributed by atoms with Crippen LogP contribution in [0.2, 0.25) is 5.02 Å². The molecular weight excluding hydrogens is 318 g/mol. The van der Waals surface area contributed by atoms with Crippen molar-refractivity contribution in [1.29, 1.82) is 0 Å². The van der Waals surface area contributed by atoms with Crippen LogP contribution in [0.5, 0.6) is 0 Å². The molecule has 2 amide bonds. The lowest BCUT2D eigenvalue weighted by Gasteiger charge is -2.29. The molecule has 1 aliphatic carbocycles. The fraction of sp³-hybridized carbons (Fsp3) is 0.385. The van der Waals surface area contributed by atoms with Crippen molar-refractivity contribution >= 4 is 45.0 Å². The number of carbonyl (C=O) groups is 2. The Kier molecular flexibility index (Phi) is 2.94. The highest BCUT2D eigenvalue weighted by molar-refractivity contribution is 9.10. The Hall–Kier alpha value is -0.870. The minimum atomic E-state index is -0.0667. The number of piperidine rings is 1. The molecule has 1 aliphatic heterocycles. The third kappa shape index (κ3) is 1.79. The molecule has 2 fully saturated rings. The van der Waals surface area contributed by atoms with Crippen LogP contribution in [0, 0.1) is 11.8 Å². The number of imide groups is 1. The summed E-state index contributed by atoms with van der Waals surface area (Å²) in [6.45, 7) is 0. The smallest absolute Gasteiger partial charge is 0.236 e. The van der Waals surface area contributed by atoms with E-state index in [0.717, 1.165) is 19.3 Å². The molecule has 2 bridgehead atoms. The quantitative estimate of drug-likeness (QED) is 0.741. The Balaban J connectivity index is 2.02. The monoisotopic (exact) mass is 327 g/mol. The van der Waals surface area contributed by atoms with Gasteiger partial charge in [0.1, 0.15) is 0 Å². The van der Waals surface area contributed by atoms with Crippen molar-refractivity contribution < 1.29 is 9.59 Å². The Labute approximate surface area is 118 Å². The van der Waals surface area contributed by atoms with Gasteiger partial charge in [-0.05, 0) is 53.4 Å². The van der Waals surface area contributed by atoms with E-state index in [0.29, 0.717) is 15.2 Å². The van der Waals surface area contributed by atoms with Crippen molar-refractivity contribution in [3.8, 4) is 0 Å². The highest BCUT2D eigenvalue weighted by Crippen LogP contribution is 2.40. The van der Waals surface area contributed by atoms with Crippen molar-refractivity contribution in [3.05, 3.63) is 27.7 Å². The van der Waals surface area contributed by atoms with Gasteiger partial charge in [0.05, 0.1) is 10.7 Å². The second kappa shape index (κ2) is 4.35. The zero-order valence-corrected chi connectivity index (χ0v) is 11.9. The molecule has 1 heterocycles. The lowest BCUT2D eigenvalue weighted by molar-refractivity contribution is -0.132. The van der Waals surface area contributed by atoms with Gasteiger partial charge in [-0.25, -0.2) is 0 Å². The number of halogens is 2. The summed E-state index contributed by atoms with van der Waals surface area (Å²) in [5.74, 6) is -0.102. The van der Waals surface area contributed by atoms with Crippen molar-refractivity contribution in [2.75, 3.05) is 4.90 Å². The van der Waals surface area contributed by atoms with E-state index in [1.54, 1.807) is 18.2 Å². The Bertz CT molecular complexity index is 524. The number of hydrogen-bond acceptors (Lipinski definition) is 2. The fourth-order valence-corrected chi connectivity index (χ4v) is 3.27. The largest absolute Gasteiger partial charge is 0.274 e. The highest BCUT2D eigenvalue weighted by atomic mass is 79.9. The van der Waals surface area contributed by atoms with E-state index >= 15 is 0 Å². The molecule has 0 radical (unpaired) electrons. The van der Waals surface area contributed by atoms with Gasteiger partial charge >= 0.3 is 0 Å². The van der Waals surface area contributed by atoms with E-state index < -0.39 is 0 Å². The summed E-state index contributed by atoms with van der Waals surface area (Å²) in [5.41, 5.74) is 0.609. The summed E-state index contributed by atoms with van der Waals surface area (Å²) < 4.78 is 0.695. The van der Waals surface area contributed by atoms with Gasteiger partial charge in [-0.3, -0.25) is 14.5 Å². The van der Waals surface area contributed by atoms with Gasteiger partial charge in [0, 0.05) is 16.3 Å². The van der Waals surface area contributed by atoms with Crippen molar-refractivity contribution in [2.24, 2.45) is 11.8 Å². The average Bonchev–Trinajstić information content (AvgIpc) is 2.78. The molecule has 5 heteroatoms. The number of rotatable bonds is 1. The maximum absolute atomic E-state index is 12.2. The van der Waals surface area contributed by atoms with Crippen LogP contribution in [-0.4, -0.2) is 11.8 Å². The zero-order valence-electron chi connectivity index (χ0n) is 9.53. The van der Waals surface area contributed by atoms with E-state index in [2.05, 4.69) is 15.9 Å². The van der Waals surface area contributed by atoms with E-state index in [1.807, 2.05) is 0 Å². The Morgan fingerprint density at radius 2 is 1.78 bits per heavy atom.